The molecule has 553 valence electrons. The van der Waals surface area contributed by atoms with Crippen LogP contribution in [0.4, 0.5) is 38.2 Å². The maximum atomic E-state index is 12.1. The number of nitrogens with zero attached hydrogens (tertiary/aromatic N) is 3. The maximum Gasteiger partial charge on any atom is 1.00 e. The second kappa shape index (κ2) is 45.3. The third kappa shape index (κ3) is 29.7. The molecule has 13 aromatic rings. The zero-order valence-corrected chi connectivity index (χ0v) is 70.8. The van der Waals surface area contributed by atoms with Crippen molar-refractivity contribution in [2.24, 2.45) is 0 Å². The van der Waals surface area contributed by atoms with Crippen molar-refractivity contribution >= 4 is 166 Å². The van der Waals surface area contributed by atoms with E-state index in [0.29, 0.717) is 47.4 Å². The molecular formula is C85H91Cl2K2N8O11. The number of nitrogens with two attached hydrogens (primary N) is 3. The Morgan fingerprint density at radius 1 is 0.500 bits per heavy atom. The molecule has 0 bridgehead atoms. The number of nitrogen functional groups attached to an aromatic ring is 3. The Bertz CT molecular complexity index is 4890. The van der Waals surface area contributed by atoms with E-state index >= 15 is 0 Å². The van der Waals surface area contributed by atoms with Crippen molar-refractivity contribution in [1.29, 1.82) is 0 Å². The predicted octanol–water partition coefficient (Wildman–Crippen LogP) is 16.1. The van der Waals surface area contributed by atoms with Crippen LogP contribution in [0, 0.1) is 6.92 Å². The molecule has 0 saturated carbocycles. The van der Waals surface area contributed by atoms with Crippen molar-refractivity contribution in [2.75, 3.05) is 27.8 Å². The van der Waals surface area contributed by atoms with Crippen LogP contribution < -0.4 is 94.0 Å². The average Bonchev–Trinajstić information content (AvgIpc) is 1.18. The molecule has 1 radical (unpaired) electrons. The van der Waals surface area contributed by atoms with E-state index < -0.39 is 23.4 Å². The number of carbonyl (C=O) groups is 3. The fourth-order valence-electron chi connectivity index (χ4n) is 10.1. The third-order valence-electron chi connectivity index (χ3n) is 15.1. The number of aryl methyl sites for hydroxylation is 1. The van der Waals surface area contributed by atoms with Crippen LogP contribution >= 0.6 is 24.0 Å². The Balaban J connectivity index is 0.000000276. The summed E-state index contributed by atoms with van der Waals surface area (Å²) in [6.45, 7) is 20.2. The van der Waals surface area contributed by atoms with E-state index in [1.165, 1.54) is 11.1 Å². The van der Waals surface area contributed by atoms with Gasteiger partial charge in [0.05, 0.1) is 22.8 Å². The van der Waals surface area contributed by atoms with Gasteiger partial charge >= 0.3 is 63.6 Å². The van der Waals surface area contributed by atoms with E-state index in [2.05, 4.69) is 77.6 Å². The molecule has 108 heavy (non-hydrogen) atoms. The number of ether oxygens (including phenoxy) is 4. The van der Waals surface area contributed by atoms with Crippen LogP contribution in [-0.2, 0) is 43.7 Å². The number of pyridine rings is 1. The zero-order chi connectivity index (χ0) is 76.1. The van der Waals surface area contributed by atoms with Crippen LogP contribution in [0.3, 0.4) is 0 Å². The van der Waals surface area contributed by atoms with Gasteiger partial charge in [0.2, 0.25) is 0 Å². The molecule has 13 rings (SSSR count). The van der Waals surface area contributed by atoms with Crippen molar-refractivity contribution in [3.8, 4) is 28.7 Å². The van der Waals surface area contributed by atoms with Crippen molar-refractivity contribution in [2.45, 2.75) is 105 Å². The monoisotopic (exact) mass is 1550 g/mol. The number of phenols is 2. The van der Waals surface area contributed by atoms with Crippen molar-refractivity contribution in [3.63, 3.8) is 0 Å². The number of aromatic nitrogens is 3. The molecular weight excluding hydrogens is 1460 g/mol. The number of benzene rings is 11. The summed E-state index contributed by atoms with van der Waals surface area (Å²) in [5, 5.41) is 44.8. The first kappa shape index (κ1) is 91.6. The number of phenolic OH excluding ortho intramolecular Hbond substituents is 2. The van der Waals surface area contributed by atoms with Gasteiger partial charge in [0, 0.05) is 136 Å². The normalized spacial score (nSPS) is 10.4. The van der Waals surface area contributed by atoms with E-state index in [4.69, 9.17) is 57.8 Å². The minimum absolute atomic E-state index is 0. The first-order valence-electron chi connectivity index (χ1n) is 33.5. The van der Waals surface area contributed by atoms with E-state index in [1.54, 1.807) is 47.4 Å². The summed E-state index contributed by atoms with van der Waals surface area (Å²) in [7, 11) is 0. The van der Waals surface area contributed by atoms with E-state index in [9.17, 15) is 19.8 Å². The molecule has 0 atom stereocenters. The second-order valence-electron chi connectivity index (χ2n) is 26.7. The van der Waals surface area contributed by atoms with Crippen LogP contribution in [0.15, 0.2) is 261 Å². The molecule has 0 saturated heterocycles. The number of alkyl halides is 1. The van der Waals surface area contributed by atoms with Crippen molar-refractivity contribution in [3.05, 3.63) is 289 Å². The Morgan fingerprint density at radius 2 is 0.861 bits per heavy atom. The molecule has 23 heteroatoms. The number of nitrogens with one attached hydrogen (secondary N) is 2. The van der Waals surface area contributed by atoms with E-state index in [0.717, 1.165) is 77.4 Å². The first-order chi connectivity index (χ1) is 50.1. The second-order valence-corrected chi connectivity index (χ2v) is 27.0. The molecule has 11 aromatic carbocycles. The summed E-state index contributed by atoms with van der Waals surface area (Å²) in [5.41, 5.74) is 26.0. The van der Waals surface area contributed by atoms with Gasteiger partial charge in [0.25, 0.3) is 6.47 Å². The Kier molecular flexibility index (Phi) is 38.4. The fourth-order valence-corrected chi connectivity index (χ4v) is 10.2. The molecule has 0 aliphatic heterocycles. The van der Waals surface area contributed by atoms with Crippen LogP contribution in [-0.4, -0.2) is 106 Å². The standard InChI is InChI=1S/C21H22N2O3.C17H15NO.C15H17NO3.C14H19N3.C10H9NO.C7H7Cl.CH2O3.ClH.2K/c1-21(2,3)26-20(24)23-18-8-9-19(17-7-5-4-6-16(17)18)25-14-15-10-12-22-13-11-15;18-16-10-11-17(15-9-5-4-8-14(15)16)19-12-13-6-2-1-3-7-13;1-15(2,3)19-14(18)16-12-8-9-13(17)11-7-5-4-6-10(11)12;1-10-5-7-11(8-6-10)17-13(15)9-12(16-17)14(2,3)4;11-9-5-6-10(12)8-4-2-1-3-7(8)9;8-6-7-4-2-1-3-5-7;2-1-4-3;;;/h4-13H,14H2,1-3H3,(H,23,24);1-11H,12,18H2;4-9,17H,1-3H3,(H,16,18);5-9H,15H2,1-4H3;1-6,12H,11H2;1-5H,6H2;1,3H;1H;;/q;;;;;;;;;+1/p-1. The Hall–Kier alpha value is -8.76. The summed E-state index contributed by atoms with van der Waals surface area (Å²) in [6.07, 6.45) is 2.49. The minimum Gasteiger partial charge on any atom is -0.662 e. The summed E-state index contributed by atoms with van der Waals surface area (Å²) >= 11 is 5.53. The summed E-state index contributed by atoms with van der Waals surface area (Å²) in [5.74, 6) is 3.38. The van der Waals surface area contributed by atoms with Gasteiger partial charge in [0.1, 0.15) is 53.2 Å². The van der Waals surface area contributed by atoms with E-state index in [1.807, 2.05) is 236 Å². The number of carbonyl (C=O) groups excluding carboxylic acids is 3. The van der Waals surface area contributed by atoms with Crippen molar-refractivity contribution in [1.82, 2.24) is 14.8 Å². The molecule has 2 heterocycles. The van der Waals surface area contributed by atoms with Gasteiger partial charge in [-0.3, -0.25) is 20.4 Å². The third-order valence-corrected chi connectivity index (χ3v) is 15.4. The van der Waals surface area contributed by atoms with Gasteiger partial charge < -0.3 is 56.5 Å². The van der Waals surface area contributed by atoms with Gasteiger partial charge in [-0.2, -0.15) is 5.10 Å². The molecule has 0 unspecified atom stereocenters. The quantitative estimate of drug-likeness (QED) is 0.0120. The summed E-state index contributed by atoms with van der Waals surface area (Å²) in [6, 6.07) is 78.7. The van der Waals surface area contributed by atoms with Crippen LogP contribution in [0.25, 0.3) is 48.8 Å². The maximum absolute atomic E-state index is 12.1. The number of amides is 2. The van der Waals surface area contributed by atoms with Crippen molar-refractivity contribution < 1.29 is 105 Å². The van der Waals surface area contributed by atoms with Gasteiger partial charge in [-0.05, 0) is 138 Å². The molecule has 0 fully saturated rings. The number of fused-ring (bicyclic) bond motifs is 4. The molecule has 0 spiro atoms. The number of rotatable bonds is 11. The fraction of sp³-hybridized carbons (Fsp3) is 0.188. The molecule has 10 N–H and O–H groups in total. The summed E-state index contributed by atoms with van der Waals surface area (Å²) in [4.78, 5) is 39.1. The number of hydrogen-bond acceptors (Lipinski definition) is 16. The van der Waals surface area contributed by atoms with Gasteiger partial charge in [-0.1, -0.05) is 196 Å². The largest absolute Gasteiger partial charge is 1.00 e. The smallest absolute Gasteiger partial charge is 0.662 e. The molecule has 0 aliphatic rings. The molecule has 2 aromatic heterocycles. The van der Waals surface area contributed by atoms with Gasteiger partial charge in [-0.15, -0.1) is 24.0 Å². The molecule has 2 amide bonds. The zero-order valence-electron chi connectivity index (χ0n) is 63.0. The minimum atomic E-state index is -0.548. The van der Waals surface area contributed by atoms with Gasteiger partial charge in [-0.25, -0.2) is 14.3 Å². The SMILES string of the molecule is CC(C)(C)OC(=O)Nc1ccc(O)c2ccccc12.CC(C)(C)OC(=O)Nc1ccc(OCc2ccncc2)c2ccccc12.Cc1ccc(-n2nc(C(C)(C)C)cc2N)cc1.Cl.ClCc1ccccc1.Nc1ccc(O)c2ccccc12.Nc1ccc(OCc2ccccc2)c2ccccc12.O=CO[O-].[K+].[K]. The topological polar surface area (TPSA) is 294 Å². The number of anilines is 5. The average molecular weight is 1550 g/mol. The number of halogens is 2. The molecule has 0 aliphatic carbocycles. The molecule has 19 nitrogen and oxygen atoms in total. The number of hydrogen-bond donors (Lipinski definition) is 7. The van der Waals surface area contributed by atoms with Crippen LogP contribution in [0.5, 0.6) is 23.0 Å². The summed E-state index contributed by atoms with van der Waals surface area (Å²) < 4.78 is 24.2. The van der Waals surface area contributed by atoms with E-state index in [-0.39, 0.29) is 139 Å². The first-order valence-corrected chi connectivity index (χ1v) is 34.1. The predicted molar refractivity (Wildman–Crippen MR) is 435 cm³/mol. The van der Waals surface area contributed by atoms with Crippen LogP contribution in [0.1, 0.15) is 90.3 Å². The Morgan fingerprint density at radius 3 is 1.29 bits per heavy atom. The number of aromatic hydroxyl groups is 2. The van der Waals surface area contributed by atoms with Crippen LogP contribution in [0.2, 0.25) is 0 Å². The Labute approximate surface area is 727 Å². The van der Waals surface area contributed by atoms with Gasteiger partial charge in [0.15, 0.2) is 0 Å².